The molecule has 0 aromatic heterocycles. The summed E-state index contributed by atoms with van der Waals surface area (Å²) in [6.07, 6.45) is 0.782. The summed E-state index contributed by atoms with van der Waals surface area (Å²) in [5.74, 6) is -0.801. The second-order valence-corrected chi connectivity index (χ2v) is 5.25. The average Bonchev–Trinajstić information content (AvgIpc) is 3.15. The molecule has 0 spiro atoms. The number of ether oxygens (including phenoxy) is 1. The Hall–Kier alpha value is -2.44. The molecule has 7 nitrogen and oxygen atoms in total. The van der Waals surface area contributed by atoms with Crippen LogP contribution in [-0.2, 0) is 14.3 Å². The minimum atomic E-state index is -0.594. The largest absolute Gasteiger partial charge is 0.455 e. The van der Waals surface area contributed by atoms with Crippen molar-refractivity contribution in [2.24, 2.45) is 11.8 Å². The molecule has 0 unspecified atom stereocenters. The summed E-state index contributed by atoms with van der Waals surface area (Å²) in [6.45, 7) is 3.21. The van der Waals surface area contributed by atoms with Crippen LogP contribution < -0.4 is 5.32 Å². The average molecular weight is 292 g/mol. The standard InChI is InChI=1S/C14H16N2O5/c1-8-3-4-11(12(5-8)16(19)20)15-13(17)7-21-14(18)10-6-9(10)2/h3-5,9-10H,6-7H2,1-2H3,(H,15,17)/t9-,10-/m1/s1. The Balaban J connectivity index is 1.93. The maximum Gasteiger partial charge on any atom is 0.309 e. The molecule has 112 valence electrons. The number of rotatable bonds is 5. The summed E-state index contributed by atoms with van der Waals surface area (Å²) >= 11 is 0. The molecule has 1 aromatic carbocycles. The topological polar surface area (TPSA) is 98.5 Å². The van der Waals surface area contributed by atoms with Crippen LogP contribution in [0.4, 0.5) is 11.4 Å². The molecule has 0 saturated heterocycles. The quantitative estimate of drug-likeness (QED) is 0.508. The summed E-state index contributed by atoms with van der Waals surface area (Å²) in [5, 5.41) is 13.3. The van der Waals surface area contributed by atoms with Gasteiger partial charge in [0.1, 0.15) is 5.69 Å². The van der Waals surface area contributed by atoms with Crippen molar-refractivity contribution in [2.45, 2.75) is 20.3 Å². The second-order valence-electron chi connectivity index (χ2n) is 5.25. The minimum Gasteiger partial charge on any atom is -0.455 e. The normalized spacial score (nSPS) is 19.7. The van der Waals surface area contributed by atoms with Gasteiger partial charge in [0, 0.05) is 6.07 Å². The number of nitrogens with one attached hydrogen (secondary N) is 1. The number of amides is 1. The highest BCUT2D eigenvalue weighted by molar-refractivity contribution is 5.95. The lowest BCUT2D eigenvalue weighted by molar-refractivity contribution is -0.384. The number of hydrogen-bond donors (Lipinski definition) is 1. The van der Waals surface area contributed by atoms with Gasteiger partial charge in [-0.2, -0.15) is 0 Å². The number of carbonyl (C=O) groups is 2. The van der Waals surface area contributed by atoms with E-state index in [2.05, 4.69) is 5.32 Å². The highest BCUT2D eigenvalue weighted by Crippen LogP contribution is 2.38. The fraction of sp³-hybridized carbons (Fsp3) is 0.429. The number of esters is 1. The third-order valence-electron chi connectivity index (χ3n) is 3.38. The number of aryl methyl sites for hydroxylation is 1. The molecule has 0 aliphatic heterocycles. The molecule has 1 amide bonds. The molecule has 0 radical (unpaired) electrons. The van der Waals surface area contributed by atoms with Gasteiger partial charge in [0.2, 0.25) is 0 Å². The van der Waals surface area contributed by atoms with Crippen molar-refractivity contribution in [3.63, 3.8) is 0 Å². The Bertz CT molecular complexity index is 599. The number of anilines is 1. The first-order valence-electron chi connectivity index (χ1n) is 6.60. The van der Waals surface area contributed by atoms with Crippen molar-refractivity contribution in [3.8, 4) is 0 Å². The van der Waals surface area contributed by atoms with Crippen LogP contribution in [0.3, 0.4) is 0 Å². The van der Waals surface area contributed by atoms with Crippen molar-refractivity contribution in [3.05, 3.63) is 33.9 Å². The molecular weight excluding hydrogens is 276 g/mol. The summed E-state index contributed by atoms with van der Waals surface area (Å²) in [7, 11) is 0. The van der Waals surface area contributed by atoms with Crippen LogP contribution in [0.15, 0.2) is 18.2 Å². The monoisotopic (exact) mass is 292 g/mol. The second kappa shape index (κ2) is 5.90. The molecule has 0 bridgehead atoms. The van der Waals surface area contributed by atoms with Gasteiger partial charge >= 0.3 is 5.97 Å². The lowest BCUT2D eigenvalue weighted by Crippen LogP contribution is -2.22. The van der Waals surface area contributed by atoms with Crippen LogP contribution >= 0.6 is 0 Å². The predicted octanol–water partition coefficient (Wildman–Crippen LogP) is 2.04. The number of hydrogen-bond acceptors (Lipinski definition) is 5. The third kappa shape index (κ3) is 3.77. The molecule has 1 fully saturated rings. The van der Waals surface area contributed by atoms with Gasteiger partial charge in [-0.15, -0.1) is 0 Å². The van der Waals surface area contributed by atoms with E-state index in [1.54, 1.807) is 13.0 Å². The zero-order valence-electron chi connectivity index (χ0n) is 11.8. The Morgan fingerprint density at radius 3 is 2.71 bits per heavy atom. The zero-order chi connectivity index (χ0) is 15.6. The van der Waals surface area contributed by atoms with Crippen molar-refractivity contribution >= 4 is 23.3 Å². The molecule has 1 aliphatic rings. The Labute approximate surface area is 121 Å². The molecule has 1 aromatic rings. The van der Waals surface area contributed by atoms with Crippen LogP contribution in [0.25, 0.3) is 0 Å². The van der Waals surface area contributed by atoms with E-state index < -0.39 is 23.4 Å². The molecule has 1 aliphatic carbocycles. The maximum atomic E-state index is 11.7. The van der Waals surface area contributed by atoms with E-state index >= 15 is 0 Å². The van der Waals surface area contributed by atoms with Gasteiger partial charge in [0.25, 0.3) is 11.6 Å². The molecular formula is C14H16N2O5. The number of nitro benzene ring substituents is 1. The Kier molecular flexibility index (Phi) is 4.21. The SMILES string of the molecule is Cc1ccc(NC(=O)COC(=O)[C@@H]2C[C@H]2C)c([N+](=O)[O-])c1. The number of carbonyl (C=O) groups excluding carboxylic acids is 2. The molecule has 1 N–H and O–H groups in total. The van der Waals surface area contributed by atoms with Gasteiger partial charge < -0.3 is 10.1 Å². The lowest BCUT2D eigenvalue weighted by atomic mass is 10.2. The van der Waals surface area contributed by atoms with Crippen LogP contribution in [0.1, 0.15) is 18.9 Å². The first kappa shape index (κ1) is 15.0. The van der Waals surface area contributed by atoms with Crippen molar-refractivity contribution in [1.29, 1.82) is 0 Å². The highest BCUT2D eigenvalue weighted by Gasteiger charge is 2.40. The Morgan fingerprint density at radius 2 is 2.14 bits per heavy atom. The van der Waals surface area contributed by atoms with Crippen LogP contribution in [0.2, 0.25) is 0 Å². The van der Waals surface area contributed by atoms with Crippen molar-refractivity contribution in [2.75, 3.05) is 11.9 Å². The number of nitrogens with zero attached hydrogens (tertiary/aromatic N) is 1. The van der Waals surface area contributed by atoms with Gasteiger partial charge in [-0.25, -0.2) is 0 Å². The first-order chi connectivity index (χ1) is 9.88. The predicted molar refractivity (Wildman–Crippen MR) is 74.7 cm³/mol. The van der Waals surface area contributed by atoms with E-state index in [-0.39, 0.29) is 17.3 Å². The van der Waals surface area contributed by atoms with E-state index in [0.717, 1.165) is 6.42 Å². The fourth-order valence-electron chi connectivity index (χ4n) is 1.98. The Morgan fingerprint density at radius 1 is 1.48 bits per heavy atom. The summed E-state index contributed by atoms with van der Waals surface area (Å²) < 4.78 is 4.87. The molecule has 2 atom stereocenters. The lowest BCUT2D eigenvalue weighted by Gasteiger charge is -2.07. The van der Waals surface area contributed by atoms with E-state index in [1.807, 2.05) is 6.92 Å². The first-order valence-corrected chi connectivity index (χ1v) is 6.60. The fourth-order valence-corrected chi connectivity index (χ4v) is 1.98. The molecule has 21 heavy (non-hydrogen) atoms. The molecule has 1 saturated carbocycles. The van der Waals surface area contributed by atoms with Gasteiger partial charge in [0.05, 0.1) is 10.8 Å². The van der Waals surface area contributed by atoms with Gasteiger partial charge in [-0.05, 0) is 30.9 Å². The minimum absolute atomic E-state index is 0.0893. The third-order valence-corrected chi connectivity index (χ3v) is 3.38. The molecule has 0 heterocycles. The van der Waals surface area contributed by atoms with Gasteiger partial charge in [-0.3, -0.25) is 19.7 Å². The van der Waals surface area contributed by atoms with Crippen molar-refractivity contribution < 1.29 is 19.2 Å². The van der Waals surface area contributed by atoms with Gasteiger partial charge in [-0.1, -0.05) is 13.0 Å². The summed E-state index contributed by atoms with van der Waals surface area (Å²) in [6, 6.07) is 4.48. The summed E-state index contributed by atoms with van der Waals surface area (Å²) in [5.41, 5.74) is 0.616. The van der Waals surface area contributed by atoms with Crippen LogP contribution in [0.5, 0.6) is 0 Å². The van der Waals surface area contributed by atoms with Gasteiger partial charge in [0.15, 0.2) is 6.61 Å². The smallest absolute Gasteiger partial charge is 0.309 e. The van der Waals surface area contributed by atoms with E-state index in [9.17, 15) is 19.7 Å². The van der Waals surface area contributed by atoms with Crippen LogP contribution in [-0.4, -0.2) is 23.4 Å². The molecule has 2 rings (SSSR count). The van der Waals surface area contributed by atoms with Crippen LogP contribution in [0, 0.1) is 28.9 Å². The van der Waals surface area contributed by atoms with E-state index in [0.29, 0.717) is 11.5 Å². The van der Waals surface area contributed by atoms with E-state index in [4.69, 9.17) is 4.74 Å². The highest BCUT2D eigenvalue weighted by atomic mass is 16.6. The number of benzene rings is 1. The summed E-state index contributed by atoms with van der Waals surface area (Å²) in [4.78, 5) is 33.5. The zero-order valence-corrected chi connectivity index (χ0v) is 11.8. The molecule has 7 heteroatoms. The van der Waals surface area contributed by atoms with Crippen molar-refractivity contribution in [1.82, 2.24) is 0 Å². The van der Waals surface area contributed by atoms with E-state index in [1.165, 1.54) is 12.1 Å². The number of nitro groups is 1. The maximum absolute atomic E-state index is 11.7.